The van der Waals surface area contributed by atoms with Gasteiger partial charge in [-0.25, -0.2) is 4.98 Å². The molecule has 3 aromatic rings. The molecule has 4 rings (SSSR count). The van der Waals surface area contributed by atoms with Crippen LogP contribution < -0.4 is 5.32 Å². The fourth-order valence-corrected chi connectivity index (χ4v) is 2.66. The van der Waals surface area contributed by atoms with Gasteiger partial charge in [-0.2, -0.15) is 0 Å². The lowest BCUT2D eigenvalue weighted by Gasteiger charge is -2.02. The standard InChI is InChI=1S/C16H14N4/c1-3-12-4-2-6-14-15(12)13(5-1)16(19-14)18-8-10-20-9-7-17-11-20/h1-7,9,11H,8,10H2,(H,18,19). The first-order chi connectivity index (χ1) is 9.92. The lowest BCUT2D eigenvalue weighted by Crippen LogP contribution is -2.09. The Labute approximate surface area is 116 Å². The summed E-state index contributed by atoms with van der Waals surface area (Å²) in [6.07, 6.45) is 5.56. The Hall–Kier alpha value is -2.62. The molecule has 0 unspecified atom stereocenters. The van der Waals surface area contributed by atoms with Gasteiger partial charge in [0.2, 0.25) is 0 Å². The van der Waals surface area contributed by atoms with Crippen LogP contribution in [0.2, 0.25) is 0 Å². The number of benzene rings is 2. The fraction of sp³-hybridized carbons (Fsp3) is 0.125. The van der Waals surface area contributed by atoms with E-state index in [9.17, 15) is 0 Å². The van der Waals surface area contributed by atoms with E-state index in [2.05, 4.69) is 46.7 Å². The summed E-state index contributed by atoms with van der Waals surface area (Å²) < 4.78 is 2.03. The van der Waals surface area contributed by atoms with Crippen molar-refractivity contribution < 1.29 is 0 Å². The van der Waals surface area contributed by atoms with E-state index in [1.165, 1.54) is 16.3 Å². The Morgan fingerprint density at radius 3 is 2.90 bits per heavy atom. The van der Waals surface area contributed by atoms with Crippen molar-refractivity contribution in [1.29, 1.82) is 0 Å². The van der Waals surface area contributed by atoms with E-state index < -0.39 is 0 Å². The van der Waals surface area contributed by atoms with Gasteiger partial charge in [-0.3, -0.25) is 4.99 Å². The number of hydrogen-bond acceptors (Lipinski definition) is 2. The maximum Gasteiger partial charge on any atom is 0.133 e. The van der Waals surface area contributed by atoms with Gasteiger partial charge in [-0.1, -0.05) is 30.3 Å². The van der Waals surface area contributed by atoms with Crippen LogP contribution in [0.1, 0.15) is 5.56 Å². The molecule has 2 aromatic carbocycles. The molecule has 1 N–H and O–H groups in total. The summed E-state index contributed by atoms with van der Waals surface area (Å²) in [7, 11) is 0. The minimum atomic E-state index is 0.739. The van der Waals surface area contributed by atoms with Crippen molar-refractivity contribution >= 4 is 22.3 Å². The number of nitrogens with one attached hydrogen (secondary N) is 1. The highest BCUT2D eigenvalue weighted by atomic mass is 15.1. The van der Waals surface area contributed by atoms with Crippen LogP contribution in [-0.4, -0.2) is 21.9 Å². The van der Waals surface area contributed by atoms with Crippen molar-refractivity contribution in [1.82, 2.24) is 9.55 Å². The molecule has 0 saturated carbocycles. The van der Waals surface area contributed by atoms with Crippen LogP contribution in [0.5, 0.6) is 0 Å². The molecule has 4 heteroatoms. The number of rotatable bonds is 3. The Kier molecular flexibility index (Phi) is 2.52. The molecule has 0 amide bonds. The van der Waals surface area contributed by atoms with Gasteiger partial charge in [0.25, 0.3) is 0 Å². The number of nitrogens with zero attached hydrogens (tertiary/aromatic N) is 3. The van der Waals surface area contributed by atoms with E-state index in [0.717, 1.165) is 24.6 Å². The third kappa shape index (κ3) is 1.77. The van der Waals surface area contributed by atoms with Crippen LogP contribution >= 0.6 is 0 Å². The van der Waals surface area contributed by atoms with E-state index in [4.69, 9.17) is 4.99 Å². The molecule has 2 heterocycles. The first kappa shape index (κ1) is 11.2. The molecular formula is C16H14N4. The summed E-state index contributed by atoms with van der Waals surface area (Å²) in [4.78, 5) is 8.73. The number of amidine groups is 1. The zero-order valence-corrected chi connectivity index (χ0v) is 11.0. The summed E-state index contributed by atoms with van der Waals surface area (Å²) >= 11 is 0. The minimum Gasteiger partial charge on any atom is -0.339 e. The zero-order chi connectivity index (χ0) is 13.4. The third-order valence-corrected chi connectivity index (χ3v) is 3.60. The van der Waals surface area contributed by atoms with Crippen LogP contribution in [0.15, 0.2) is 60.1 Å². The van der Waals surface area contributed by atoms with Crippen molar-refractivity contribution in [2.45, 2.75) is 6.54 Å². The predicted octanol–water partition coefficient (Wildman–Crippen LogP) is 2.91. The second-order valence-electron chi connectivity index (χ2n) is 4.87. The van der Waals surface area contributed by atoms with Crippen LogP contribution in [0.3, 0.4) is 0 Å². The van der Waals surface area contributed by atoms with Gasteiger partial charge in [0.1, 0.15) is 5.84 Å². The summed E-state index contributed by atoms with van der Waals surface area (Å²) in [6, 6.07) is 12.7. The van der Waals surface area contributed by atoms with Crippen LogP contribution in [-0.2, 0) is 6.54 Å². The van der Waals surface area contributed by atoms with Crippen LogP contribution in [0.4, 0.5) is 5.69 Å². The van der Waals surface area contributed by atoms with E-state index in [1.807, 2.05) is 17.1 Å². The maximum absolute atomic E-state index is 4.69. The first-order valence-corrected chi connectivity index (χ1v) is 6.71. The molecule has 0 spiro atoms. The number of imidazole rings is 1. The summed E-state index contributed by atoms with van der Waals surface area (Å²) in [5.74, 6) is 0.969. The van der Waals surface area contributed by atoms with Crippen molar-refractivity contribution in [2.24, 2.45) is 4.99 Å². The Morgan fingerprint density at radius 1 is 1.15 bits per heavy atom. The lowest BCUT2D eigenvalue weighted by molar-refractivity contribution is 0.709. The molecule has 20 heavy (non-hydrogen) atoms. The zero-order valence-electron chi connectivity index (χ0n) is 11.0. The van der Waals surface area contributed by atoms with E-state index >= 15 is 0 Å². The molecule has 0 atom stereocenters. The first-order valence-electron chi connectivity index (χ1n) is 6.71. The van der Waals surface area contributed by atoms with Crippen molar-refractivity contribution in [3.63, 3.8) is 0 Å². The number of hydrogen-bond donors (Lipinski definition) is 1. The molecule has 1 aliphatic rings. The molecule has 0 saturated heterocycles. The number of aliphatic imine (C=N–C) groups is 1. The van der Waals surface area contributed by atoms with Crippen LogP contribution in [0, 0.1) is 0 Å². The average molecular weight is 262 g/mol. The van der Waals surface area contributed by atoms with Gasteiger partial charge in [-0.15, -0.1) is 0 Å². The minimum absolute atomic E-state index is 0.739. The van der Waals surface area contributed by atoms with Gasteiger partial charge >= 0.3 is 0 Å². The second kappa shape index (κ2) is 4.49. The van der Waals surface area contributed by atoms with Gasteiger partial charge in [-0.05, 0) is 11.5 Å². The molecule has 1 aromatic heterocycles. The molecule has 0 radical (unpaired) electrons. The summed E-state index contributed by atoms with van der Waals surface area (Å²) in [5.41, 5.74) is 2.35. The highest BCUT2D eigenvalue weighted by Crippen LogP contribution is 2.32. The topological polar surface area (TPSA) is 42.2 Å². The van der Waals surface area contributed by atoms with Gasteiger partial charge < -0.3 is 9.88 Å². The van der Waals surface area contributed by atoms with Crippen molar-refractivity contribution in [3.05, 3.63) is 60.7 Å². The molecule has 0 aliphatic carbocycles. The van der Waals surface area contributed by atoms with Crippen LogP contribution in [0.25, 0.3) is 10.8 Å². The molecule has 4 nitrogen and oxygen atoms in total. The van der Waals surface area contributed by atoms with E-state index in [-0.39, 0.29) is 0 Å². The number of aromatic nitrogens is 2. The maximum atomic E-state index is 4.69. The van der Waals surface area contributed by atoms with Gasteiger partial charge in [0, 0.05) is 35.6 Å². The molecule has 0 bridgehead atoms. The fourth-order valence-electron chi connectivity index (χ4n) is 2.66. The monoisotopic (exact) mass is 262 g/mol. The highest BCUT2D eigenvalue weighted by Gasteiger charge is 2.18. The Bertz CT molecular complexity index is 782. The summed E-state index contributed by atoms with van der Waals surface area (Å²) in [6.45, 7) is 1.58. The van der Waals surface area contributed by atoms with Gasteiger partial charge in [0.05, 0.1) is 12.9 Å². The average Bonchev–Trinajstić information content (AvgIpc) is 3.10. The highest BCUT2D eigenvalue weighted by molar-refractivity contribution is 6.25. The molecule has 98 valence electrons. The van der Waals surface area contributed by atoms with E-state index in [0.29, 0.717) is 0 Å². The smallest absolute Gasteiger partial charge is 0.133 e. The molecule has 0 fully saturated rings. The SMILES string of the molecule is c1cc2c3c(cccc3c1)C(=NCCn1ccnc1)N2. The van der Waals surface area contributed by atoms with Crippen molar-refractivity contribution in [2.75, 3.05) is 11.9 Å². The third-order valence-electron chi connectivity index (χ3n) is 3.60. The Morgan fingerprint density at radius 2 is 2.05 bits per heavy atom. The molecular weight excluding hydrogens is 248 g/mol. The quantitative estimate of drug-likeness (QED) is 0.788. The summed E-state index contributed by atoms with van der Waals surface area (Å²) in [5, 5.41) is 5.94. The second-order valence-corrected chi connectivity index (χ2v) is 4.87. The Balaban J connectivity index is 1.64. The molecule has 1 aliphatic heterocycles. The normalized spacial score (nSPS) is 14.9. The predicted molar refractivity (Wildman–Crippen MR) is 81.2 cm³/mol. The number of anilines is 1. The van der Waals surface area contributed by atoms with Crippen molar-refractivity contribution in [3.8, 4) is 0 Å². The van der Waals surface area contributed by atoms with E-state index in [1.54, 1.807) is 6.20 Å². The lowest BCUT2D eigenvalue weighted by atomic mass is 10.1. The van der Waals surface area contributed by atoms with Gasteiger partial charge in [0.15, 0.2) is 0 Å². The largest absolute Gasteiger partial charge is 0.339 e.